The number of carbonyl (C=O) groups is 2. The van der Waals surface area contributed by atoms with Crippen LogP contribution in [-0.4, -0.2) is 24.0 Å². The van der Waals surface area contributed by atoms with Crippen LogP contribution in [0.4, 0.5) is 4.39 Å². The average Bonchev–Trinajstić information content (AvgIpc) is 2.29. The van der Waals surface area contributed by atoms with E-state index in [4.69, 9.17) is 9.47 Å². The summed E-state index contributed by atoms with van der Waals surface area (Å²) in [5.41, 5.74) is -0.427. The first-order chi connectivity index (χ1) is 8.73. The van der Waals surface area contributed by atoms with Crippen molar-refractivity contribution < 1.29 is 23.5 Å². The van der Waals surface area contributed by atoms with E-state index in [0.29, 0.717) is 6.29 Å². The van der Waals surface area contributed by atoms with Gasteiger partial charge in [-0.15, -0.1) is 0 Å². The number of esters is 1. The van der Waals surface area contributed by atoms with E-state index >= 15 is 0 Å². The highest BCUT2D eigenvalue weighted by molar-refractivity contribution is 5.76. The Hall–Kier alpha value is -1.91. The van der Waals surface area contributed by atoms with Crippen molar-refractivity contribution >= 4 is 12.3 Å². The lowest BCUT2D eigenvalue weighted by Crippen LogP contribution is -2.33. The van der Waals surface area contributed by atoms with Gasteiger partial charge in [0.2, 0.25) is 0 Å². The third-order valence-electron chi connectivity index (χ3n) is 2.13. The summed E-state index contributed by atoms with van der Waals surface area (Å²) in [6.45, 7) is 6.67. The first kappa shape index (κ1) is 15.1. The summed E-state index contributed by atoms with van der Waals surface area (Å²) in [6, 6.07) is 3.76. The van der Waals surface area contributed by atoms with Crippen LogP contribution < -0.4 is 4.74 Å². The van der Waals surface area contributed by atoms with Gasteiger partial charge in [-0.05, 0) is 45.9 Å². The minimum Gasteiger partial charge on any atom is -0.476 e. The van der Waals surface area contributed by atoms with Crippen molar-refractivity contribution in [3.63, 3.8) is 0 Å². The van der Waals surface area contributed by atoms with Crippen LogP contribution in [0.3, 0.4) is 0 Å². The second kappa shape index (κ2) is 5.82. The lowest BCUT2D eigenvalue weighted by atomic mass is 10.2. The highest BCUT2D eigenvalue weighted by Gasteiger charge is 2.23. The molecule has 1 aromatic rings. The van der Waals surface area contributed by atoms with E-state index in [9.17, 15) is 14.0 Å². The van der Waals surface area contributed by atoms with Gasteiger partial charge in [0.15, 0.2) is 17.7 Å². The highest BCUT2D eigenvalue weighted by Crippen LogP contribution is 2.20. The van der Waals surface area contributed by atoms with Gasteiger partial charge in [0.25, 0.3) is 0 Å². The molecule has 0 heterocycles. The number of carbonyl (C=O) groups excluding carboxylic acids is 2. The summed E-state index contributed by atoms with van der Waals surface area (Å²) < 4.78 is 23.9. The minimum atomic E-state index is -0.934. The molecular formula is C14H17FO4. The Morgan fingerprint density at radius 3 is 2.47 bits per heavy atom. The van der Waals surface area contributed by atoms with Gasteiger partial charge in [-0.1, -0.05) is 0 Å². The molecule has 0 amide bonds. The molecule has 0 N–H and O–H groups in total. The molecule has 0 aliphatic heterocycles. The molecule has 1 atom stereocenters. The Balaban J connectivity index is 2.74. The molecule has 0 aromatic heterocycles. The van der Waals surface area contributed by atoms with Crippen molar-refractivity contribution in [3.05, 3.63) is 29.6 Å². The minimum absolute atomic E-state index is 0.0936. The van der Waals surface area contributed by atoms with Gasteiger partial charge in [-0.3, -0.25) is 4.79 Å². The third kappa shape index (κ3) is 4.69. The molecule has 4 nitrogen and oxygen atoms in total. The fraction of sp³-hybridized carbons (Fsp3) is 0.429. The summed E-state index contributed by atoms with van der Waals surface area (Å²) >= 11 is 0. The first-order valence-corrected chi connectivity index (χ1v) is 5.87. The van der Waals surface area contributed by atoms with Crippen molar-refractivity contribution in [1.29, 1.82) is 0 Å². The van der Waals surface area contributed by atoms with Gasteiger partial charge in [0, 0.05) is 5.56 Å². The smallest absolute Gasteiger partial charge is 0.347 e. The summed E-state index contributed by atoms with van der Waals surface area (Å²) in [6.07, 6.45) is -0.403. The predicted octanol–water partition coefficient (Wildman–Crippen LogP) is 2.75. The van der Waals surface area contributed by atoms with Crippen LogP contribution >= 0.6 is 0 Å². The molecular weight excluding hydrogens is 251 g/mol. The van der Waals surface area contributed by atoms with E-state index in [1.54, 1.807) is 20.8 Å². The van der Waals surface area contributed by atoms with Gasteiger partial charge in [-0.25, -0.2) is 9.18 Å². The van der Waals surface area contributed by atoms with Crippen LogP contribution in [0.5, 0.6) is 5.75 Å². The van der Waals surface area contributed by atoms with E-state index in [1.165, 1.54) is 19.1 Å². The zero-order valence-corrected chi connectivity index (χ0v) is 11.4. The molecule has 0 radical (unpaired) electrons. The van der Waals surface area contributed by atoms with Crippen molar-refractivity contribution in [3.8, 4) is 5.75 Å². The Labute approximate surface area is 111 Å². The number of benzene rings is 1. The second-order valence-electron chi connectivity index (χ2n) is 5.10. The van der Waals surface area contributed by atoms with Crippen LogP contribution in [-0.2, 0) is 9.53 Å². The van der Waals surface area contributed by atoms with Crippen LogP contribution in [0.25, 0.3) is 0 Å². The van der Waals surface area contributed by atoms with Gasteiger partial charge in [0.05, 0.1) is 0 Å². The second-order valence-corrected chi connectivity index (χ2v) is 5.10. The molecule has 1 rings (SSSR count). The summed E-state index contributed by atoms with van der Waals surface area (Å²) in [7, 11) is 0. The van der Waals surface area contributed by atoms with Crippen LogP contribution in [0, 0.1) is 5.82 Å². The van der Waals surface area contributed by atoms with Crippen LogP contribution in [0.2, 0.25) is 0 Å². The molecule has 0 saturated carbocycles. The van der Waals surface area contributed by atoms with Crippen LogP contribution in [0.1, 0.15) is 38.1 Å². The van der Waals surface area contributed by atoms with Gasteiger partial charge in [-0.2, -0.15) is 0 Å². The van der Waals surface area contributed by atoms with E-state index in [0.717, 1.165) is 6.07 Å². The first-order valence-electron chi connectivity index (χ1n) is 5.87. The zero-order chi connectivity index (χ0) is 14.6. The van der Waals surface area contributed by atoms with Crippen molar-refractivity contribution in [2.24, 2.45) is 0 Å². The Bertz CT molecular complexity index is 477. The average molecular weight is 268 g/mol. The molecule has 19 heavy (non-hydrogen) atoms. The van der Waals surface area contributed by atoms with E-state index in [2.05, 4.69) is 0 Å². The maximum Gasteiger partial charge on any atom is 0.347 e. The molecule has 0 saturated heterocycles. The fourth-order valence-corrected chi connectivity index (χ4v) is 1.31. The number of rotatable bonds is 4. The largest absolute Gasteiger partial charge is 0.476 e. The molecule has 0 aliphatic carbocycles. The molecule has 0 fully saturated rings. The number of halogens is 1. The standard InChI is InChI=1S/C14H17FO4/c1-9(13(17)19-14(2,3)4)18-12-6-5-10(8-16)7-11(12)15/h5-9H,1-4H3. The van der Waals surface area contributed by atoms with Crippen molar-refractivity contribution in [2.45, 2.75) is 39.4 Å². The Morgan fingerprint density at radius 1 is 1.37 bits per heavy atom. The van der Waals surface area contributed by atoms with E-state index < -0.39 is 23.5 Å². The SMILES string of the molecule is CC(Oc1ccc(C=O)cc1F)C(=O)OC(C)(C)C. The zero-order valence-electron chi connectivity index (χ0n) is 11.4. The fourth-order valence-electron chi connectivity index (χ4n) is 1.31. The number of aldehydes is 1. The third-order valence-corrected chi connectivity index (χ3v) is 2.13. The van der Waals surface area contributed by atoms with Crippen LogP contribution in [0.15, 0.2) is 18.2 Å². The normalized spacial score (nSPS) is 12.7. The Morgan fingerprint density at radius 2 is 2.00 bits per heavy atom. The summed E-state index contributed by atoms with van der Waals surface area (Å²) in [5, 5.41) is 0. The van der Waals surface area contributed by atoms with Gasteiger partial charge in [0.1, 0.15) is 11.9 Å². The Kier molecular flexibility index (Phi) is 4.64. The maximum atomic E-state index is 13.6. The molecule has 1 unspecified atom stereocenters. The van der Waals surface area contributed by atoms with E-state index in [1.807, 2.05) is 0 Å². The molecule has 5 heteroatoms. The molecule has 0 spiro atoms. The lowest BCUT2D eigenvalue weighted by Gasteiger charge is -2.22. The molecule has 0 bridgehead atoms. The van der Waals surface area contributed by atoms with E-state index in [-0.39, 0.29) is 11.3 Å². The quantitative estimate of drug-likeness (QED) is 0.622. The number of hydrogen-bond acceptors (Lipinski definition) is 4. The maximum absolute atomic E-state index is 13.6. The topological polar surface area (TPSA) is 52.6 Å². The predicted molar refractivity (Wildman–Crippen MR) is 67.7 cm³/mol. The van der Waals surface area contributed by atoms with Crippen molar-refractivity contribution in [2.75, 3.05) is 0 Å². The highest BCUT2D eigenvalue weighted by atomic mass is 19.1. The van der Waals surface area contributed by atoms with Gasteiger partial charge < -0.3 is 9.47 Å². The van der Waals surface area contributed by atoms with Gasteiger partial charge >= 0.3 is 5.97 Å². The molecule has 1 aromatic carbocycles. The molecule has 0 aliphatic rings. The summed E-state index contributed by atoms with van der Waals surface area (Å²) in [5.74, 6) is -1.37. The number of hydrogen-bond donors (Lipinski definition) is 0. The number of ether oxygens (including phenoxy) is 2. The lowest BCUT2D eigenvalue weighted by molar-refractivity contribution is -0.162. The summed E-state index contributed by atoms with van der Waals surface area (Å²) in [4.78, 5) is 22.1. The monoisotopic (exact) mass is 268 g/mol. The van der Waals surface area contributed by atoms with Crippen molar-refractivity contribution in [1.82, 2.24) is 0 Å². The molecule has 104 valence electrons.